The van der Waals surface area contributed by atoms with Crippen LogP contribution in [0.4, 0.5) is 5.69 Å². The zero-order valence-corrected chi connectivity index (χ0v) is 12.4. The van der Waals surface area contributed by atoms with Crippen molar-refractivity contribution in [1.29, 1.82) is 0 Å². The van der Waals surface area contributed by atoms with Gasteiger partial charge in [-0.2, -0.15) is 0 Å². The van der Waals surface area contributed by atoms with Crippen LogP contribution in [0.15, 0.2) is 54.6 Å². The number of hydrogen-bond donors (Lipinski definition) is 1. The fourth-order valence-electron chi connectivity index (χ4n) is 2.38. The molecule has 0 amide bonds. The minimum atomic E-state index is 0.564. The molecule has 0 radical (unpaired) electrons. The van der Waals surface area contributed by atoms with Crippen molar-refractivity contribution in [2.45, 2.75) is 25.8 Å². The van der Waals surface area contributed by atoms with Gasteiger partial charge in [0.1, 0.15) is 0 Å². The zero-order chi connectivity index (χ0) is 14.4. The van der Waals surface area contributed by atoms with Gasteiger partial charge in [0, 0.05) is 12.2 Å². The maximum absolute atomic E-state index is 5.73. The Kier molecular flexibility index (Phi) is 5.19. The summed E-state index contributed by atoms with van der Waals surface area (Å²) in [6.07, 6.45) is 1.16. The second-order valence-corrected chi connectivity index (χ2v) is 5.58. The van der Waals surface area contributed by atoms with Crippen LogP contribution in [0, 0.1) is 0 Å². The van der Waals surface area contributed by atoms with Crippen molar-refractivity contribution in [1.82, 2.24) is 4.90 Å². The molecule has 2 aromatic rings. The Morgan fingerprint density at radius 3 is 2.30 bits per heavy atom. The van der Waals surface area contributed by atoms with E-state index in [-0.39, 0.29) is 0 Å². The van der Waals surface area contributed by atoms with Gasteiger partial charge in [-0.3, -0.25) is 0 Å². The SMILES string of the molecule is CC(CCN(C)Cc1ccccc1)c1ccc(N)cc1. The zero-order valence-electron chi connectivity index (χ0n) is 12.4. The van der Waals surface area contributed by atoms with Crippen molar-refractivity contribution in [3.05, 3.63) is 65.7 Å². The lowest BCUT2D eigenvalue weighted by molar-refractivity contribution is 0.313. The molecule has 2 nitrogen and oxygen atoms in total. The first-order valence-corrected chi connectivity index (χ1v) is 7.23. The highest BCUT2D eigenvalue weighted by molar-refractivity contribution is 5.40. The van der Waals surface area contributed by atoms with E-state index < -0.39 is 0 Å². The van der Waals surface area contributed by atoms with E-state index in [0.717, 1.165) is 25.2 Å². The highest BCUT2D eigenvalue weighted by atomic mass is 15.1. The van der Waals surface area contributed by atoms with Gasteiger partial charge in [0.05, 0.1) is 0 Å². The second kappa shape index (κ2) is 7.11. The van der Waals surface area contributed by atoms with Gasteiger partial charge in [-0.1, -0.05) is 49.4 Å². The van der Waals surface area contributed by atoms with Crippen LogP contribution in [0.25, 0.3) is 0 Å². The molecule has 1 unspecified atom stereocenters. The predicted molar refractivity (Wildman–Crippen MR) is 86.7 cm³/mol. The molecular formula is C18H24N2. The maximum atomic E-state index is 5.73. The topological polar surface area (TPSA) is 29.3 Å². The summed E-state index contributed by atoms with van der Waals surface area (Å²) in [5, 5.41) is 0. The molecule has 20 heavy (non-hydrogen) atoms. The molecule has 0 heterocycles. The Balaban J connectivity index is 1.81. The van der Waals surface area contributed by atoms with E-state index in [4.69, 9.17) is 5.73 Å². The van der Waals surface area contributed by atoms with Crippen LogP contribution in [-0.2, 0) is 6.54 Å². The van der Waals surface area contributed by atoms with Gasteiger partial charge in [0.15, 0.2) is 0 Å². The Hall–Kier alpha value is -1.80. The van der Waals surface area contributed by atoms with Crippen molar-refractivity contribution in [3.63, 3.8) is 0 Å². The predicted octanol–water partition coefficient (Wildman–Crippen LogP) is 3.89. The van der Waals surface area contributed by atoms with E-state index in [0.29, 0.717) is 5.92 Å². The largest absolute Gasteiger partial charge is 0.399 e. The van der Waals surface area contributed by atoms with Gasteiger partial charge in [-0.25, -0.2) is 0 Å². The fraction of sp³-hybridized carbons (Fsp3) is 0.333. The molecule has 0 aromatic heterocycles. The van der Waals surface area contributed by atoms with E-state index in [1.807, 2.05) is 12.1 Å². The summed E-state index contributed by atoms with van der Waals surface area (Å²) in [5.74, 6) is 0.564. The van der Waals surface area contributed by atoms with Gasteiger partial charge in [-0.15, -0.1) is 0 Å². The summed E-state index contributed by atoms with van der Waals surface area (Å²) < 4.78 is 0. The Morgan fingerprint density at radius 2 is 1.65 bits per heavy atom. The average Bonchev–Trinajstić information content (AvgIpc) is 2.46. The maximum Gasteiger partial charge on any atom is 0.0314 e. The van der Waals surface area contributed by atoms with Gasteiger partial charge in [0.25, 0.3) is 0 Å². The van der Waals surface area contributed by atoms with E-state index in [1.54, 1.807) is 0 Å². The molecule has 0 aliphatic rings. The molecular weight excluding hydrogens is 244 g/mol. The van der Waals surface area contributed by atoms with E-state index in [1.165, 1.54) is 11.1 Å². The molecule has 106 valence electrons. The van der Waals surface area contributed by atoms with Crippen molar-refractivity contribution in [2.75, 3.05) is 19.3 Å². The minimum Gasteiger partial charge on any atom is -0.399 e. The van der Waals surface area contributed by atoms with Crippen molar-refractivity contribution in [3.8, 4) is 0 Å². The molecule has 2 N–H and O–H groups in total. The Bertz CT molecular complexity index is 505. The van der Waals surface area contributed by atoms with Crippen molar-refractivity contribution >= 4 is 5.69 Å². The normalized spacial score (nSPS) is 12.6. The minimum absolute atomic E-state index is 0.564. The molecule has 2 heteroatoms. The highest BCUT2D eigenvalue weighted by Gasteiger charge is 2.07. The third-order valence-electron chi connectivity index (χ3n) is 3.74. The highest BCUT2D eigenvalue weighted by Crippen LogP contribution is 2.20. The number of nitrogens with two attached hydrogens (primary N) is 1. The van der Waals surface area contributed by atoms with Crippen LogP contribution in [0.2, 0.25) is 0 Å². The molecule has 0 saturated heterocycles. The smallest absolute Gasteiger partial charge is 0.0314 e. The van der Waals surface area contributed by atoms with Crippen LogP contribution >= 0.6 is 0 Å². The first kappa shape index (κ1) is 14.6. The van der Waals surface area contributed by atoms with Gasteiger partial charge in [-0.05, 0) is 49.2 Å². The average molecular weight is 268 g/mol. The van der Waals surface area contributed by atoms with Crippen LogP contribution < -0.4 is 5.73 Å². The molecule has 0 spiro atoms. The van der Waals surface area contributed by atoms with Crippen molar-refractivity contribution in [2.24, 2.45) is 0 Å². The summed E-state index contributed by atoms with van der Waals surface area (Å²) in [6.45, 7) is 4.39. The van der Waals surface area contributed by atoms with Gasteiger partial charge in [0.2, 0.25) is 0 Å². The number of rotatable bonds is 6. The standard InChI is InChI=1S/C18H24N2/c1-15(17-8-10-18(19)11-9-17)12-13-20(2)14-16-6-4-3-5-7-16/h3-11,15H,12-14,19H2,1-2H3. The second-order valence-electron chi connectivity index (χ2n) is 5.58. The third-order valence-corrected chi connectivity index (χ3v) is 3.74. The Morgan fingerprint density at radius 1 is 1.00 bits per heavy atom. The first-order valence-electron chi connectivity index (χ1n) is 7.23. The van der Waals surface area contributed by atoms with Crippen molar-refractivity contribution < 1.29 is 0 Å². The van der Waals surface area contributed by atoms with Crippen LogP contribution in [0.5, 0.6) is 0 Å². The lowest BCUT2D eigenvalue weighted by atomic mass is 9.97. The molecule has 0 aliphatic heterocycles. The molecule has 0 saturated carbocycles. The summed E-state index contributed by atoms with van der Waals surface area (Å²) >= 11 is 0. The molecule has 0 fully saturated rings. The summed E-state index contributed by atoms with van der Waals surface area (Å²) in [6, 6.07) is 18.9. The van der Waals surface area contributed by atoms with Crippen LogP contribution in [0.1, 0.15) is 30.4 Å². The van der Waals surface area contributed by atoms with E-state index in [2.05, 4.69) is 61.3 Å². The number of nitrogen functional groups attached to an aromatic ring is 1. The number of benzene rings is 2. The lowest BCUT2D eigenvalue weighted by Gasteiger charge is -2.19. The summed E-state index contributed by atoms with van der Waals surface area (Å²) in [7, 11) is 2.18. The quantitative estimate of drug-likeness (QED) is 0.805. The number of nitrogens with zero attached hydrogens (tertiary/aromatic N) is 1. The van der Waals surface area contributed by atoms with Crippen LogP contribution in [-0.4, -0.2) is 18.5 Å². The monoisotopic (exact) mass is 268 g/mol. The summed E-state index contributed by atoms with van der Waals surface area (Å²) in [4.78, 5) is 2.38. The van der Waals surface area contributed by atoms with Gasteiger partial charge < -0.3 is 10.6 Å². The summed E-state index contributed by atoms with van der Waals surface area (Å²) in [5.41, 5.74) is 9.30. The number of hydrogen-bond acceptors (Lipinski definition) is 2. The lowest BCUT2D eigenvalue weighted by Crippen LogP contribution is -2.20. The van der Waals surface area contributed by atoms with Crippen LogP contribution in [0.3, 0.4) is 0 Å². The molecule has 0 bridgehead atoms. The fourth-order valence-corrected chi connectivity index (χ4v) is 2.38. The Labute approximate surface area is 122 Å². The molecule has 0 aliphatic carbocycles. The third kappa shape index (κ3) is 4.39. The number of anilines is 1. The van der Waals surface area contributed by atoms with E-state index in [9.17, 15) is 0 Å². The molecule has 2 aromatic carbocycles. The first-order chi connectivity index (χ1) is 9.65. The molecule has 2 rings (SSSR count). The van der Waals surface area contributed by atoms with E-state index >= 15 is 0 Å². The van der Waals surface area contributed by atoms with Gasteiger partial charge >= 0.3 is 0 Å². The molecule has 1 atom stereocenters.